The third-order valence-electron chi connectivity index (χ3n) is 5.10. The van der Waals surface area contributed by atoms with E-state index in [1.165, 1.54) is 13.5 Å². The smallest absolute Gasteiger partial charge is 0.337 e. The molecule has 0 aliphatic carbocycles. The summed E-state index contributed by atoms with van der Waals surface area (Å²) in [5.74, 6) is -0.383. The van der Waals surface area contributed by atoms with E-state index in [9.17, 15) is 10.1 Å². The average Bonchev–Trinajstić information content (AvgIpc) is 2.91. The van der Waals surface area contributed by atoms with Crippen molar-refractivity contribution in [3.63, 3.8) is 0 Å². The Morgan fingerprint density at radius 2 is 1.93 bits per heavy atom. The number of carbonyl (C=O) groups excluding carboxylic acids is 1. The molecule has 1 aliphatic rings. The van der Waals surface area contributed by atoms with E-state index in [4.69, 9.17) is 4.74 Å². The van der Waals surface area contributed by atoms with Crippen LogP contribution >= 0.6 is 15.9 Å². The van der Waals surface area contributed by atoms with Crippen LogP contribution in [0, 0.1) is 11.3 Å². The summed E-state index contributed by atoms with van der Waals surface area (Å²) < 4.78 is 5.52. The lowest BCUT2D eigenvalue weighted by Crippen LogP contribution is -2.28. The number of likely N-dealkylation sites (N-methyl/N-ethyl adjacent to an activating group) is 1. The van der Waals surface area contributed by atoms with Crippen LogP contribution in [0.15, 0.2) is 40.9 Å². The van der Waals surface area contributed by atoms with Gasteiger partial charge in [0.2, 0.25) is 0 Å². The molecule has 0 saturated carbocycles. The highest BCUT2D eigenvalue weighted by atomic mass is 79.9. The van der Waals surface area contributed by atoms with Gasteiger partial charge in [-0.15, -0.1) is 0 Å². The highest BCUT2D eigenvalue weighted by Crippen LogP contribution is 2.32. The van der Waals surface area contributed by atoms with Crippen molar-refractivity contribution in [2.24, 2.45) is 0 Å². The minimum atomic E-state index is -0.383. The molecule has 1 heterocycles. The van der Waals surface area contributed by atoms with Gasteiger partial charge in [0.25, 0.3) is 0 Å². The maximum Gasteiger partial charge on any atom is 0.337 e. The summed E-state index contributed by atoms with van der Waals surface area (Å²) in [4.78, 5) is 16.5. The van der Waals surface area contributed by atoms with Gasteiger partial charge in [-0.3, -0.25) is 4.90 Å². The van der Waals surface area contributed by atoms with E-state index in [0.29, 0.717) is 11.1 Å². The van der Waals surface area contributed by atoms with Crippen LogP contribution in [-0.2, 0) is 11.3 Å². The molecule has 0 unspecified atom stereocenters. The molecule has 3 rings (SSSR count). The molecule has 2 aromatic carbocycles. The van der Waals surface area contributed by atoms with Crippen LogP contribution in [0.1, 0.15) is 27.9 Å². The standard InChI is InChI=1S/C22H24BrN3O2/c1-25-8-3-9-26(11-10-25)15-16-4-6-19(18(12-16)14-24)20-7-5-17(13-21(20)23)22(27)28-2/h4-7,12-13H,3,8-11,15H2,1-2H3. The Bertz CT molecular complexity index is 907. The summed E-state index contributed by atoms with van der Waals surface area (Å²) in [6.07, 6.45) is 1.17. The van der Waals surface area contributed by atoms with Gasteiger partial charge in [-0.1, -0.05) is 34.1 Å². The number of halogens is 1. The van der Waals surface area contributed by atoms with Crippen molar-refractivity contribution in [1.82, 2.24) is 9.80 Å². The zero-order chi connectivity index (χ0) is 20.1. The van der Waals surface area contributed by atoms with Gasteiger partial charge in [0, 0.05) is 29.7 Å². The Hall–Kier alpha value is -2.20. The van der Waals surface area contributed by atoms with Gasteiger partial charge in [-0.2, -0.15) is 5.26 Å². The molecule has 0 bridgehead atoms. The Kier molecular flexibility index (Phi) is 6.84. The Morgan fingerprint density at radius 1 is 1.14 bits per heavy atom. The lowest BCUT2D eigenvalue weighted by atomic mass is 9.97. The summed E-state index contributed by atoms with van der Waals surface area (Å²) in [5.41, 5.74) is 3.99. The summed E-state index contributed by atoms with van der Waals surface area (Å²) in [6.45, 7) is 5.18. The number of hydrogen-bond acceptors (Lipinski definition) is 5. The van der Waals surface area contributed by atoms with Gasteiger partial charge >= 0.3 is 5.97 Å². The van der Waals surface area contributed by atoms with Gasteiger partial charge < -0.3 is 9.64 Å². The number of methoxy groups -OCH3 is 1. The second-order valence-electron chi connectivity index (χ2n) is 7.11. The van der Waals surface area contributed by atoms with Crippen molar-refractivity contribution < 1.29 is 9.53 Å². The number of rotatable bonds is 4. The summed E-state index contributed by atoms with van der Waals surface area (Å²) in [5, 5.41) is 9.70. The molecule has 0 radical (unpaired) electrons. The summed E-state index contributed by atoms with van der Waals surface area (Å²) in [7, 11) is 3.52. The second kappa shape index (κ2) is 9.33. The molecule has 6 heteroatoms. The molecule has 2 aromatic rings. The molecule has 0 amide bonds. The van der Waals surface area contributed by atoms with E-state index >= 15 is 0 Å². The van der Waals surface area contributed by atoms with Crippen LogP contribution in [0.4, 0.5) is 0 Å². The third kappa shape index (κ3) is 4.79. The van der Waals surface area contributed by atoms with Crippen LogP contribution in [0.5, 0.6) is 0 Å². The van der Waals surface area contributed by atoms with Gasteiger partial charge in [0.1, 0.15) is 0 Å². The molecule has 0 spiro atoms. The molecule has 146 valence electrons. The zero-order valence-electron chi connectivity index (χ0n) is 16.2. The van der Waals surface area contributed by atoms with Crippen molar-refractivity contribution in [3.8, 4) is 17.2 Å². The van der Waals surface area contributed by atoms with Crippen LogP contribution in [-0.4, -0.2) is 56.1 Å². The lowest BCUT2D eigenvalue weighted by Gasteiger charge is -2.20. The van der Waals surface area contributed by atoms with E-state index in [2.05, 4.69) is 44.9 Å². The Labute approximate surface area is 174 Å². The molecule has 0 atom stereocenters. The third-order valence-corrected chi connectivity index (χ3v) is 5.76. The number of hydrogen-bond donors (Lipinski definition) is 0. The molecule has 1 aliphatic heterocycles. The zero-order valence-corrected chi connectivity index (χ0v) is 17.8. The highest BCUT2D eigenvalue weighted by molar-refractivity contribution is 9.10. The second-order valence-corrected chi connectivity index (χ2v) is 7.97. The first kappa shape index (κ1) is 20.5. The van der Waals surface area contributed by atoms with Crippen LogP contribution < -0.4 is 0 Å². The van der Waals surface area contributed by atoms with Gasteiger partial charge in [0.15, 0.2) is 0 Å². The predicted octanol–water partition coefficient (Wildman–Crippen LogP) is 3.91. The first-order chi connectivity index (χ1) is 13.5. The molecule has 0 N–H and O–H groups in total. The van der Waals surface area contributed by atoms with Gasteiger partial charge in [-0.05, 0) is 55.9 Å². The van der Waals surface area contributed by atoms with E-state index in [-0.39, 0.29) is 5.97 Å². The molecule has 28 heavy (non-hydrogen) atoms. The molecular weight excluding hydrogens is 418 g/mol. The minimum Gasteiger partial charge on any atom is -0.465 e. The normalized spacial score (nSPS) is 15.6. The molecular formula is C22H24BrN3O2. The number of benzene rings is 2. The Balaban J connectivity index is 1.84. The molecule has 0 aromatic heterocycles. The lowest BCUT2D eigenvalue weighted by molar-refractivity contribution is 0.0600. The quantitative estimate of drug-likeness (QED) is 0.673. The number of ether oxygens (including phenoxy) is 1. The van der Waals surface area contributed by atoms with Crippen molar-refractivity contribution in [2.75, 3.05) is 40.3 Å². The first-order valence-electron chi connectivity index (χ1n) is 9.34. The topological polar surface area (TPSA) is 56.6 Å². The van der Waals surface area contributed by atoms with Crippen molar-refractivity contribution >= 4 is 21.9 Å². The van der Waals surface area contributed by atoms with Crippen LogP contribution in [0.25, 0.3) is 11.1 Å². The van der Waals surface area contributed by atoms with Crippen molar-refractivity contribution in [3.05, 3.63) is 57.6 Å². The molecule has 5 nitrogen and oxygen atoms in total. The monoisotopic (exact) mass is 441 g/mol. The number of nitriles is 1. The fraction of sp³-hybridized carbons (Fsp3) is 0.364. The average molecular weight is 442 g/mol. The van der Waals surface area contributed by atoms with E-state index in [1.54, 1.807) is 12.1 Å². The first-order valence-corrected chi connectivity index (χ1v) is 10.1. The number of nitrogens with zero attached hydrogens (tertiary/aromatic N) is 3. The minimum absolute atomic E-state index is 0.383. The highest BCUT2D eigenvalue weighted by Gasteiger charge is 2.15. The maximum absolute atomic E-state index is 11.7. The fourth-order valence-electron chi connectivity index (χ4n) is 3.51. The molecule has 1 fully saturated rings. The summed E-state index contributed by atoms with van der Waals surface area (Å²) in [6, 6.07) is 13.7. The number of carbonyl (C=O) groups is 1. The maximum atomic E-state index is 11.7. The largest absolute Gasteiger partial charge is 0.465 e. The van der Waals surface area contributed by atoms with Gasteiger partial charge in [0.05, 0.1) is 24.3 Å². The van der Waals surface area contributed by atoms with Crippen LogP contribution in [0.2, 0.25) is 0 Å². The molecule has 1 saturated heterocycles. The van der Waals surface area contributed by atoms with Crippen molar-refractivity contribution in [1.29, 1.82) is 5.26 Å². The van der Waals surface area contributed by atoms with E-state index < -0.39 is 0 Å². The van der Waals surface area contributed by atoms with Crippen LogP contribution in [0.3, 0.4) is 0 Å². The predicted molar refractivity (Wildman–Crippen MR) is 113 cm³/mol. The Morgan fingerprint density at radius 3 is 2.64 bits per heavy atom. The van der Waals surface area contributed by atoms with E-state index in [0.717, 1.165) is 53.9 Å². The van der Waals surface area contributed by atoms with E-state index in [1.807, 2.05) is 18.2 Å². The fourth-order valence-corrected chi connectivity index (χ4v) is 4.10. The SMILES string of the molecule is COC(=O)c1ccc(-c2ccc(CN3CCCN(C)CC3)cc2C#N)c(Br)c1. The summed E-state index contributed by atoms with van der Waals surface area (Å²) >= 11 is 3.53. The van der Waals surface area contributed by atoms with Gasteiger partial charge in [-0.25, -0.2) is 4.79 Å². The van der Waals surface area contributed by atoms with Crippen molar-refractivity contribution in [2.45, 2.75) is 13.0 Å². The number of esters is 1.